The van der Waals surface area contributed by atoms with Crippen LogP contribution < -0.4 is 0 Å². The Morgan fingerprint density at radius 1 is 1.14 bits per heavy atom. The molecule has 0 nitrogen and oxygen atoms in total. The van der Waals surface area contributed by atoms with Gasteiger partial charge in [-0.2, -0.15) is 0 Å². The van der Waals surface area contributed by atoms with Crippen molar-refractivity contribution in [1.29, 1.82) is 0 Å². The fraction of sp³-hybridized carbons (Fsp3) is 1.00. The zero-order valence-electron chi connectivity index (χ0n) is 5.60. The van der Waals surface area contributed by atoms with Gasteiger partial charge in [-0.3, -0.25) is 0 Å². The van der Waals surface area contributed by atoms with Crippen molar-refractivity contribution in [3.05, 3.63) is 0 Å². The number of hydrogen-bond donors (Lipinski definition) is 0. The largest absolute Gasteiger partial charge is 0.0876 e. The van der Waals surface area contributed by atoms with E-state index >= 15 is 0 Å². The smallest absolute Gasteiger partial charge is 0.0318 e. The van der Waals surface area contributed by atoms with Gasteiger partial charge in [0.1, 0.15) is 0 Å². The van der Waals surface area contributed by atoms with E-state index in [0.29, 0.717) is 15.2 Å². The van der Waals surface area contributed by atoms with Crippen LogP contribution in [0.25, 0.3) is 0 Å². The Morgan fingerprint density at radius 2 is 1.57 bits per heavy atom. The SMILES string of the molecule is CC[P@](C)P(C)C. The van der Waals surface area contributed by atoms with E-state index in [9.17, 15) is 0 Å². The first-order chi connectivity index (χ1) is 3.18. The van der Waals surface area contributed by atoms with Gasteiger partial charge >= 0.3 is 0 Å². The molecule has 0 N–H and O–H groups in total. The zero-order chi connectivity index (χ0) is 5.86. The molecule has 0 bridgehead atoms. The van der Waals surface area contributed by atoms with Crippen LogP contribution in [0.4, 0.5) is 0 Å². The van der Waals surface area contributed by atoms with Crippen LogP contribution in [-0.2, 0) is 0 Å². The molecule has 0 aliphatic heterocycles. The van der Waals surface area contributed by atoms with Gasteiger partial charge in [0, 0.05) is 0 Å². The maximum absolute atomic E-state index is 2.39. The van der Waals surface area contributed by atoms with Crippen LogP contribution in [0, 0.1) is 0 Å². The van der Waals surface area contributed by atoms with Gasteiger partial charge in [-0.15, -0.1) is 0 Å². The van der Waals surface area contributed by atoms with E-state index < -0.39 is 0 Å². The van der Waals surface area contributed by atoms with Crippen LogP contribution in [0.2, 0.25) is 0 Å². The highest BCUT2D eigenvalue weighted by Crippen LogP contribution is 2.61. The minimum atomic E-state index is 0.403. The third-order valence-corrected chi connectivity index (χ3v) is 8.37. The monoisotopic (exact) mass is 136 g/mol. The maximum Gasteiger partial charge on any atom is -0.0318 e. The third-order valence-electron chi connectivity index (χ3n) is 1.14. The van der Waals surface area contributed by atoms with Crippen LogP contribution in [0.15, 0.2) is 0 Å². The summed E-state index contributed by atoms with van der Waals surface area (Å²) in [4.78, 5) is 0. The Hall–Kier alpha value is 0.860. The molecule has 0 radical (unpaired) electrons. The highest BCUT2D eigenvalue weighted by Gasteiger charge is 1.99. The van der Waals surface area contributed by atoms with Gasteiger partial charge in [-0.25, -0.2) is 0 Å². The summed E-state index contributed by atoms with van der Waals surface area (Å²) in [5.41, 5.74) is 0. The molecule has 7 heavy (non-hydrogen) atoms. The predicted molar refractivity (Wildman–Crippen MR) is 42.2 cm³/mol. The van der Waals surface area contributed by atoms with Crippen LogP contribution in [-0.4, -0.2) is 26.2 Å². The van der Waals surface area contributed by atoms with Gasteiger partial charge in [0.2, 0.25) is 0 Å². The lowest BCUT2D eigenvalue weighted by molar-refractivity contribution is 1.51. The van der Waals surface area contributed by atoms with E-state index in [0.717, 1.165) is 0 Å². The molecule has 2 heteroatoms. The second kappa shape index (κ2) is 3.81. The first-order valence-corrected chi connectivity index (χ1v) is 7.48. The van der Waals surface area contributed by atoms with E-state index in [4.69, 9.17) is 0 Å². The zero-order valence-corrected chi connectivity index (χ0v) is 7.39. The standard InChI is InChI=1S/C5H14P2/c1-5-7(4)6(2)3/h5H2,1-4H3/t7-/m0/s1. The molecule has 0 rings (SSSR count). The molecule has 0 saturated heterocycles. The molecule has 0 amide bonds. The Morgan fingerprint density at radius 3 is 1.57 bits per heavy atom. The van der Waals surface area contributed by atoms with Crippen molar-refractivity contribution in [3.63, 3.8) is 0 Å². The molecule has 0 aliphatic carbocycles. The molecule has 0 spiro atoms. The van der Waals surface area contributed by atoms with Gasteiger partial charge in [0.15, 0.2) is 0 Å². The average Bonchev–Trinajstić information content (AvgIpc) is 1.65. The van der Waals surface area contributed by atoms with Crippen LogP contribution in [0.3, 0.4) is 0 Å². The Labute approximate surface area is 49.1 Å². The van der Waals surface area contributed by atoms with Gasteiger partial charge < -0.3 is 0 Å². The molecule has 0 saturated carbocycles. The number of hydrogen-bond acceptors (Lipinski definition) is 0. The molecule has 0 aromatic carbocycles. The quantitative estimate of drug-likeness (QED) is 0.512. The minimum Gasteiger partial charge on any atom is -0.0876 e. The van der Waals surface area contributed by atoms with E-state index in [1.165, 1.54) is 6.16 Å². The summed E-state index contributed by atoms with van der Waals surface area (Å²) in [6.07, 6.45) is 1.41. The third kappa shape index (κ3) is 3.44. The molecule has 1 atom stereocenters. The topological polar surface area (TPSA) is 0 Å². The number of rotatable bonds is 2. The van der Waals surface area contributed by atoms with Crippen molar-refractivity contribution < 1.29 is 0 Å². The highest BCUT2D eigenvalue weighted by atomic mass is 32.1. The van der Waals surface area contributed by atoms with Gasteiger partial charge in [-0.1, -0.05) is 22.1 Å². The summed E-state index contributed by atoms with van der Waals surface area (Å²) in [6.45, 7) is 9.41. The fourth-order valence-corrected chi connectivity index (χ4v) is 2.55. The molecule has 0 heterocycles. The molecular formula is C5H14P2. The van der Waals surface area contributed by atoms with Crippen molar-refractivity contribution in [2.24, 2.45) is 0 Å². The normalized spacial score (nSPS) is 15.0. The summed E-state index contributed by atoms with van der Waals surface area (Å²) in [5, 5.41) is 0. The van der Waals surface area contributed by atoms with Gasteiger partial charge in [0.25, 0.3) is 0 Å². The molecule has 44 valence electrons. The summed E-state index contributed by atoms with van der Waals surface area (Å²) < 4.78 is 0. The first kappa shape index (κ1) is 7.86. The van der Waals surface area contributed by atoms with Crippen LogP contribution in [0.5, 0.6) is 0 Å². The first-order valence-electron chi connectivity index (χ1n) is 2.56. The summed E-state index contributed by atoms with van der Waals surface area (Å²) in [7, 11) is 0.831. The van der Waals surface area contributed by atoms with Crippen LogP contribution >= 0.6 is 15.2 Å². The maximum atomic E-state index is 2.39. The van der Waals surface area contributed by atoms with Gasteiger partial charge in [-0.05, 0) is 26.2 Å². The van der Waals surface area contributed by atoms with E-state index in [1.54, 1.807) is 0 Å². The second-order valence-corrected chi connectivity index (χ2v) is 9.91. The minimum absolute atomic E-state index is 0.403. The Kier molecular flexibility index (Phi) is 4.28. The Balaban J connectivity index is 3.14. The molecular weight excluding hydrogens is 122 g/mol. The lowest BCUT2D eigenvalue weighted by atomic mass is 11.0. The van der Waals surface area contributed by atoms with Crippen molar-refractivity contribution in [3.8, 4) is 0 Å². The Bertz CT molecular complexity index is 43.3. The predicted octanol–water partition coefficient (Wildman–Crippen LogP) is 2.77. The summed E-state index contributed by atoms with van der Waals surface area (Å²) in [5.74, 6) is 0. The molecule has 0 aromatic rings. The van der Waals surface area contributed by atoms with Crippen molar-refractivity contribution in [2.45, 2.75) is 6.92 Å². The summed E-state index contributed by atoms with van der Waals surface area (Å²) >= 11 is 0. The van der Waals surface area contributed by atoms with E-state index in [2.05, 4.69) is 26.9 Å². The van der Waals surface area contributed by atoms with Crippen LogP contribution in [0.1, 0.15) is 6.92 Å². The second-order valence-electron chi connectivity index (χ2n) is 1.82. The van der Waals surface area contributed by atoms with Crippen molar-refractivity contribution in [1.82, 2.24) is 0 Å². The fourth-order valence-electron chi connectivity index (χ4n) is 0.283. The van der Waals surface area contributed by atoms with E-state index in [-0.39, 0.29) is 0 Å². The molecule has 0 aliphatic rings. The lowest BCUT2D eigenvalue weighted by Gasteiger charge is -2.12. The molecule has 0 fully saturated rings. The highest BCUT2D eigenvalue weighted by molar-refractivity contribution is 8.29. The van der Waals surface area contributed by atoms with E-state index in [1.807, 2.05) is 0 Å². The molecule has 0 unspecified atom stereocenters. The lowest BCUT2D eigenvalue weighted by Crippen LogP contribution is -1.69. The summed E-state index contributed by atoms with van der Waals surface area (Å²) in [6, 6.07) is 0. The average molecular weight is 136 g/mol. The van der Waals surface area contributed by atoms with Crippen molar-refractivity contribution >= 4 is 15.2 Å². The molecule has 0 aromatic heterocycles. The van der Waals surface area contributed by atoms with Gasteiger partial charge in [0.05, 0.1) is 0 Å². The van der Waals surface area contributed by atoms with Crippen molar-refractivity contribution in [2.75, 3.05) is 26.2 Å².